The van der Waals surface area contributed by atoms with Crippen molar-refractivity contribution in [3.8, 4) is 33.0 Å². The van der Waals surface area contributed by atoms with Gasteiger partial charge in [0, 0.05) is 52.9 Å². The minimum absolute atomic E-state index is 0.109. The Balaban J connectivity index is 1.11. The fourth-order valence-electron chi connectivity index (χ4n) is 16.0. The van der Waals surface area contributed by atoms with Crippen molar-refractivity contribution in [3.63, 3.8) is 0 Å². The van der Waals surface area contributed by atoms with Crippen molar-refractivity contribution in [3.05, 3.63) is 314 Å². The first-order chi connectivity index (χ1) is 48.1. The second-order valence-corrected chi connectivity index (χ2v) is 29.2. The van der Waals surface area contributed by atoms with E-state index in [1.807, 2.05) is 48.6 Å². The Labute approximate surface area is 587 Å². The highest BCUT2D eigenvalue weighted by atomic mass is 32.1. The van der Waals surface area contributed by atoms with Gasteiger partial charge in [0.1, 0.15) is 0 Å². The Bertz CT molecular complexity index is 4410. The Morgan fingerprint density at radius 3 is 0.959 bits per heavy atom. The highest BCUT2D eigenvalue weighted by Gasteiger charge is 2.53. The van der Waals surface area contributed by atoms with Crippen molar-refractivity contribution in [2.75, 3.05) is 0 Å². The maximum absolute atomic E-state index is 14.8. The van der Waals surface area contributed by atoms with Crippen LogP contribution < -0.4 is 0 Å². The molecule has 13 rings (SSSR count). The van der Waals surface area contributed by atoms with Gasteiger partial charge in [0.2, 0.25) is 0 Å². The molecule has 0 unspecified atom stereocenters. The van der Waals surface area contributed by atoms with Crippen LogP contribution in [-0.4, -0.2) is 11.6 Å². The molecule has 7 aromatic carbocycles. The maximum atomic E-state index is 14.8. The normalized spacial score (nSPS) is 16.0. The number of hydrogen-bond acceptors (Lipinski definition) is 6. The molecule has 0 fully saturated rings. The van der Waals surface area contributed by atoms with Gasteiger partial charge in [-0.25, -0.2) is 20.2 Å². The number of carbonyl (C=O) groups excluding carboxylic acids is 2. The Hall–Kier alpha value is -9.80. The van der Waals surface area contributed by atoms with Crippen molar-refractivity contribution in [1.29, 1.82) is 10.5 Å². The Morgan fingerprint density at radius 1 is 0.388 bits per heavy atom. The van der Waals surface area contributed by atoms with Crippen LogP contribution in [0.2, 0.25) is 0 Å². The summed E-state index contributed by atoms with van der Waals surface area (Å²) in [4.78, 5) is 41.0. The lowest BCUT2D eigenvalue weighted by Gasteiger charge is -2.35. The molecule has 2 heterocycles. The number of thiophene rings is 2. The van der Waals surface area contributed by atoms with E-state index < -0.39 is 10.8 Å². The third-order valence-corrected chi connectivity index (χ3v) is 23.2. The summed E-state index contributed by atoms with van der Waals surface area (Å²) in [5.74, 6) is -0.407. The largest absolute Gasteiger partial charge is 0.289 e. The molecule has 98 heavy (non-hydrogen) atoms. The topological polar surface area (TPSA) is 90.4 Å². The lowest BCUT2D eigenvalue weighted by molar-refractivity contribution is 0.103. The molecule has 0 atom stereocenters. The number of aryl methyl sites for hydroxylation is 4. The molecule has 0 N–H and O–H groups in total. The van der Waals surface area contributed by atoms with Gasteiger partial charge in [-0.15, -0.1) is 22.7 Å². The quantitative estimate of drug-likeness (QED) is 0.0234. The van der Waals surface area contributed by atoms with Crippen LogP contribution in [0.3, 0.4) is 0 Å². The van der Waals surface area contributed by atoms with Gasteiger partial charge in [0.25, 0.3) is 11.4 Å². The second kappa shape index (κ2) is 29.5. The van der Waals surface area contributed by atoms with Crippen molar-refractivity contribution < 1.29 is 9.59 Å². The second-order valence-electron chi connectivity index (χ2n) is 27.0. The molecule has 0 radical (unpaired) electrons. The lowest BCUT2D eigenvalue weighted by atomic mass is 9.65. The highest BCUT2D eigenvalue weighted by molar-refractivity contribution is 7.17. The standard InChI is InChI=1S/C90H82N4O2S2/c1-7-11-15-19-27-59-35-43-63(44-36-59)89(64-45-37-60(38-46-64)28-20-16-12-8-2)77-55-74-78(56-73(77)87-79(89)53-67(97-87)51-75-83(81(57-91)93-5)69-31-23-25-33-71(69)85(75)95)90(65-47-39-61(40-48-65)29-21-17-13-9-3,66-49-41-62(42-50-66)30-22-18-14-10-4)80-54-68(98-88(74)80)52-76-84(82(58-92)94-6)70-32-24-26-34-72(70)86(76)96/h23-26,31-56H,7-22,27-30H2,1-4H3/b75-51-,76-52-,83-81-,84-82+. The molecule has 8 heteroatoms. The van der Waals surface area contributed by atoms with E-state index in [9.17, 15) is 20.1 Å². The number of fused-ring (bicyclic) bond motifs is 8. The summed E-state index contributed by atoms with van der Waals surface area (Å²) < 4.78 is 0. The highest BCUT2D eigenvalue weighted by Crippen LogP contribution is 2.66. The first-order valence-electron chi connectivity index (χ1n) is 35.7. The summed E-state index contributed by atoms with van der Waals surface area (Å²) in [6.07, 6.45) is 26.5. The number of benzene rings is 7. The van der Waals surface area contributed by atoms with Crippen LogP contribution >= 0.6 is 22.7 Å². The molecule has 2 aromatic heterocycles. The number of unbranched alkanes of at least 4 members (excludes halogenated alkanes) is 12. The lowest BCUT2D eigenvalue weighted by Crippen LogP contribution is -2.30. The summed E-state index contributed by atoms with van der Waals surface area (Å²) in [5.41, 5.74) is 18.0. The predicted molar refractivity (Wildman–Crippen MR) is 404 cm³/mol. The van der Waals surface area contributed by atoms with E-state index in [1.54, 1.807) is 34.8 Å². The maximum Gasteiger partial charge on any atom is 0.270 e. The molecule has 4 aliphatic rings. The molecule has 0 saturated carbocycles. The minimum atomic E-state index is -0.883. The molecular formula is C90H82N4O2S2. The van der Waals surface area contributed by atoms with Gasteiger partial charge in [0.05, 0.1) is 36.1 Å². The van der Waals surface area contributed by atoms with Gasteiger partial charge in [-0.05, 0) is 177 Å². The van der Waals surface area contributed by atoms with Crippen molar-refractivity contribution in [2.45, 2.75) is 167 Å². The third kappa shape index (κ3) is 12.0. The van der Waals surface area contributed by atoms with Crippen LogP contribution in [-0.2, 0) is 36.5 Å². The summed E-state index contributed by atoms with van der Waals surface area (Å²) in [6, 6.07) is 66.2. The van der Waals surface area contributed by atoms with Crippen molar-refractivity contribution in [2.24, 2.45) is 0 Å². The molecule has 0 spiro atoms. The Kier molecular flexibility index (Phi) is 20.1. The van der Waals surface area contributed by atoms with E-state index in [1.165, 1.54) is 99.3 Å². The summed E-state index contributed by atoms with van der Waals surface area (Å²) in [6.45, 7) is 25.4. The van der Waals surface area contributed by atoms with Crippen LogP contribution in [0.15, 0.2) is 192 Å². The molecule has 0 amide bonds. The molecule has 486 valence electrons. The number of Topliss-reactive ketones (excluding diaryl/α,β-unsaturated/α-hetero) is 2. The number of nitriles is 2. The Morgan fingerprint density at radius 2 is 0.684 bits per heavy atom. The first kappa shape index (κ1) is 66.8. The summed E-state index contributed by atoms with van der Waals surface area (Å²) in [5, 5.41) is 21.1. The van der Waals surface area contributed by atoms with E-state index in [2.05, 4.69) is 171 Å². The summed E-state index contributed by atoms with van der Waals surface area (Å²) >= 11 is 3.33. The van der Waals surface area contributed by atoms with Crippen molar-refractivity contribution >= 4 is 57.5 Å². The van der Waals surface area contributed by atoms with Crippen LogP contribution in [0.5, 0.6) is 0 Å². The number of allylic oxidation sites excluding steroid dienone is 6. The van der Waals surface area contributed by atoms with Crippen LogP contribution in [0.4, 0.5) is 0 Å². The van der Waals surface area contributed by atoms with Crippen LogP contribution in [0, 0.1) is 35.8 Å². The molecule has 4 aliphatic carbocycles. The van der Waals surface area contributed by atoms with Crippen LogP contribution in [0.1, 0.15) is 239 Å². The zero-order valence-electron chi connectivity index (χ0n) is 56.9. The van der Waals surface area contributed by atoms with Crippen molar-refractivity contribution in [1.82, 2.24) is 0 Å². The van der Waals surface area contributed by atoms with Crippen LogP contribution in [0.25, 0.3) is 53.9 Å². The number of hydrogen-bond donors (Lipinski definition) is 0. The number of nitrogens with zero attached hydrogens (tertiary/aromatic N) is 4. The summed E-state index contributed by atoms with van der Waals surface area (Å²) in [7, 11) is 0. The van der Waals surface area contributed by atoms with E-state index in [0.717, 1.165) is 127 Å². The van der Waals surface area contributed by atoms with E-state index >= 15 is 0 Å². The minimum Gasteiger partial charge on any atom is -0.289 e. The smallest absolute Gasteiger partial charge is 0.270 e. The number of carbonyl (C=O) groups is 2. The average molecular weight is 1320 g/mol. The van der Waals surface area contributed by atoms with Gasteiger partial charge in [-0.1, -0.05) is 250 Å². The monoisotopic (exact) mass is 1310 g/mol. The van der Waals surface area contributed by atoms with E-state index in [4.69, 9.17) is 13.1 Å². The molecule has 0 saturated heterocycles. The van der Waals surface area contributed by atoms with E-state index in [-0.39, 0.29) is 23.0 Å². The van der Waals surface area contributed by atoms with Gasteiger partial charge in [0.15, 0.2) is 11.6 Å². The fraction of sp³-hybridized carbons (Fsp3) is 0.289. The van der Waals surface area contributed by atoms with Gasteiger partial charge < -0.3 is 0 Å². The molecular weight excluding hydrogens is 1230 g/mol. The third-order valence-electron chi connectivity index (χ3n) is 21.0. The predicted octanol–water partition coefficient (Wildman–Crippen LogP) is 23.9. The zero-order chi connectivity index (χ0) is 67.9. The first-order valence-corrected chi connectivity index (χ1v) is 37.3. The van der Waals surface area contributed by atoms with Gasteiger partial charge in [-0.3, -0.25) is 9.59 Å². The molecule has 0 aliphatic heterocycles. The number of rotatable bonds is 26. The average Bonchev–Trinajstić information content (AvgIpc) is 1.50. The number of ketones is 2. The van der Waals surface area contributed by atoms with E-state index in [0.29, 0.717) is 44.5 Å². The molecule has 9 aromatic rings. The SMILES string of the molecule is [C-]#[N+]/C(C#N)=C1\C(=C\c2cc3c(s2)-c2cc4c(cc2C3(c2ccc(CCCCCC)cc2)c2ccc(CCCCCC)cc2)-c2sc(/C=C3\C(=O)c5ccccc5\C3=C(\C#N)[N+]#[C-])cc2C4(c2ccc(CCCCCC)cc2)c2ccc(CCCCCC)cc2)C(=O)c2ccccc21. The molecule has 0 bridgehead atoms. The van der Waals surface area contributed by atoms with Gasteiger partial charge in [-0.2, -0.15) is 0 Å². The van der Waals surface area contributed by atoms with Gasteiger partial charge >= 0.3 is 0 Å². The zero-order valence-corrected chi connectivity index (χ0v) is 58.5. The molecule has 6 nitrogen and oxygen atoms in total. The fourth-order valence-corrected chi connectivity index (χ4v) is 18.4.